The number of benzene rings is 2. The number of nitrogens with zero attached hydrogens (tertiary/aromatic N) is 1. The summed E-state index contributed by atoms with van der Waals surface area (Å²) in [4.78, 5) is 14.1. The second-order valence-electron chi connectivity index (χ2n) is 6.36. The van der Waals surface area contributed by atoms with Crippen molar-refractivity contribution in [3.63, 3.8) is 0 Å². The standard InChI is InChI=1S/C22H23NO2/c1-2-3-11-20(22(24)25)18-12-13-19(17-9-5-4-6-10-17)21(16-18)23-14-7-8-15-23/h4-6,9-10,12-13,16,20H,7-8,11,14-15H2,1H3,(H,24,25). The van der Waals surface area contributed by atoms with Crippen LogP contribution in [-0.2, 0) is 4.79 Å². The average Bonchev–Trinajstić information content (AvgIpc) is 3.17. The molecule has 25 heavy (non-hydrogen) atoms. The summed E-state index contributed by atoms with van der Waals surface area (Å²) in [6, 6.07) is 16.4. The van der Waals surface area contributed by atoms with Gasteiger partial charge in [-0.3, -0.25) is 4.79 Å². The Hall–Kier alpha value is -2.73. The van der Waals surface area contributed by atoms with Crippen LogP contribution < -0.4 is 4.90 Å². The van der Waals surface area contributed by atoms with E-state index in [2.05, 4.69) is 41.0 Å². The Bertz CT molecular complexity index is 796. The molecule has 1 aliphatic heterocycles. The molecule has 1 N–H and O–H groups in total. The minimum absolute atomic E-state index is 0.343. The molecule has 1 atom stereocenters. The lowest BCUT2D eigenvalue weighted by Crippen LogP contribution is -2.19. The minimum Gasteiger partial charge on any atom is -0.481 e. The van der Waals surface area contributed by atoms with Crippen molar-refractivity contribution in [2.75, 3.05) is 18.0 Å². The third-order valence-corrected chi connectivity index (χ3v) is 4.74. The topological polar surface area (TPSA) is 40.5 Å². The van der Waals surface area contributed by atoms with Crippen molar-refractivity contribution < 1.29 is 9.90 Å². The number of carboxylic acid groups (broad SMARTS) is 1. The van der Waals surface area contributed by atoms with Crippen LogP contribution in [0.5, 0.6) is 0 Å². The molecule has 1 unspecified atom stereocenters. The molecule has 3 rings (SSSR count). The molecule has 1 heterocycles. The lowest BCUT2D eigenvalue weighted by Gasteiger charge is -2.23. The first-order valence-corrected chi connectivity index (χ1v) is 8.77. The maximum atomic E-state index is 11.7. The summed E-state index contributed by atoms with van der Waals surface area (Å²) in [5.74, 6) is 4.32. The number of carbonyl (C=O) groups is 1. The first-order valence-electron chi connectivity index (χ1n) is 8.77. The van der Waals surface area contributed by atoms with E-state index >= 15 is 0 Å². The summed E-state index contributed by atoms with van der Waals surface area (Å²) < 4.78 is 0. The Morgan fingerprint density at radius 3 is 2.52 bits per heavy atom. The summed E-state index contributed by atoms with van der Waals surface area (Å²) in [6.45, 7) is 3.79. The van der Waals surface area contributed by atoms with Crippen LogP contribution in [0.2, 0.25) is 0 Å². The molecule has 0 aromatic heterocycles. The molecule has 128 valence electrons. The Kier molecular flexibility index (Phi) is 5.40. The molecule has 2 aromatic carbocycles. The minimum atomic E-state index is -0.817. The smallest absolute Gasteiger partial charge is 0.311 e. The van der Waals surface area contributed by atoms with Gasteiger partial charge in [0.2, 0.25) is 0 Å². The zero-order valence-corrected chi connectivity index (χ0v) is 14.5. The zero-order valence-electron chi connectivity index (χ0n) is 14.5. The van der Waals surface area contributed by atoms with Crippen molar-refractivity contribution in [3.8, 4) is 23.0 Å². The predicted octanol–water partition coefficient (Wildman–Crippen LogP) is 4.54. The van der Waals surface area contributed by atoms with E-state index < -0.39 is 11.9 Å². The summed E-state index contributed by atoms with van der Waals surface area (Å²) in [5, 5.41) is 9.61. The molecular weight excluding hydrogens is 310 g/mol. The Morgan fingerprint density at radius 2 is 1.88 bits per heavy atom. The molecule has 0 bridgehead atoms. The fraction of sp³-hybridized carbons (Fsp3) is 0.318. The van der Waals surface area contributed by atoms with Crippen molar-refractivity contribution in [3.05, 3.63) is 54.1 Å². The molecule has 0 radical (unpaired) electrons. The van der Waals surface area contributed by atoms with Gasteiger partial charge in [-0.15, -0.1) is 11.8 Å². The van der Waals surface area contributed by atoms with Gasteiger partial charge in [0.1, 0.15) is 0 Å². The second-order valence-corrected chi connectivity index (χ2v) is 6.36. The van der Waals surface area contributed by atoms with Crippen LogP contribution in [0.15, 0.2) is 48.5 Å². The van der Waals surface area contributed by atoms with Gasteiger partial charge in [-0.25, -0.2) is 0 Å². The molecule has 1 saturated heterocycles. The van der Waals surface area contributed by atoms with Crippen LogP contribution in [0.1, 0.15) is 37.7 Å². The Balaban J connectivity index is 2.06. The van der Waals surface area contributed by atoms with E-state index in [1.54, 1.807) is 6.92 Å². The summed E-state index contributed by atoms with van der Waals surface area (Å²) in [7, 11) is 0. The molecule has 3 nitrogen and oxygen atoms in total. The largest absolute Gasteiger partial charge is 0.481 e. The van der Waals surface area contributed by atoms with Crippen LogP contribution in [0.3, 0.4) is 0 Å². The van der Waals surface area contributed by atoms with Gasteiger partial charge in [-0.05, 0) is 37.0 Å². The first-order chi connectivity index (χ1) is 12.2. The van der Waals surface area contributed by atoms with E-state index in [1.807, 2.05) is 24.3 Å². The molecule has 0 amide bonds. The highest BCUT2D eigenvalue weighted by Gasteiger charge is 2.23. The SMILES string of the molecule is CC#CCC(C(=O)O)c1ccc(-c2ccccc2)c(N2CCCC2)c1. The number of anilines is 1. The van der Waals surface area contributed by atoms with Crippen LogP contribution in [0, 0.1) is 11.8 Å². The predicted molar refractivity (Wildman–Crippen MR) is 102 cm³/mol. The molecule has 3 heteroatoms. The molecular formula is C22H23NO2. The lowest BCUT2D eigenvalue weighted by molar-refractivity contribution is -0.138. The van der Waals surface area contributed by atoms with Crippen LogP contribution in [-0.4, -0.2) is 24.2 Å². The molecule has 1 aliphatic rings. The van der Waals surface area contributed by atoms with Gasteiger partial charge in [-0.2, -0.15) is 0 Å². The van der Waals surface area contributed by atoms with Crippen molar-refractivity contribution in [1.82, 2.24) is 0 Å². The van der Waals surface area contributed by atoms with Gasteiger partial charge < -0.3 is 10.0 Å². The Labute approximate surface area is 149 Å². The number of hydrogen-bond acceptors (Lipinski definition) is 2. The maximum absolute atomic E-state index is 11.7. The highest BCUT2D eigenvalue weighted by Crippen LogP contribution is 2.36. The molecule has 2 aromatic rings. The average molecular weight is 333 g/mol. The van der Waals surface area contributed by atoms with Crippen LogP contribution in [0.4, 0.5) is 5.69 Å². The van der Waals surface area contributed by atoms with Crippen LogP contribution >= 0.6 is 0 Å². The number of carboxylic acids is 1. The fourth-order valence-electron chi connectivity index (χ4n) is 3.40. The fourth-order valence-corrected chi connectivity index (χ4v) is 3.40. The third kappa shape index (κ3) is 3.85. The number of rotatable bonds is 5. The van der Waals surface area contributed by atoms with E-state index in [1.165, 1.54) is 12.8 Å². The highest BCUT2D eigenvalue weighted by molar-refractivity contribution is 5.82. The van der Waals surface area contributed by atoms with Gasteiger partial charge in [0.25, 0.3) is 0 Å². The van der Waals surface area contributed by atoms with Gasteiger partial charge >= 0.3 is 5.97 Å². The molecule has 1 fully saturated rings. The van der Waals surface area contributed by atoms with E-state index in [0.29, 0.717) is 6.42 Å². The van der Waals surface area contributed by atoms with E-state index in [0.717, 1.165) is 35.5 Å². The van der Waals surface area contributed by atoms with Gasteiger partial charge in [0.15, 0.2) is 0 Å². The van der Waals surface area contributed by atoms with Crippen molar-refractivity contribution in [2.24, 2.45) is 0 Å². The van der Waals surface area contributed by atoms with Crippen molar-refractivity contribution in [2.45, 2.75) is 32.1 Å². The number of hydrogen-bond donors (Lipinski definition) is 1. The summed E-state index contributed by atoms with van der Waals surface area (Å²) >= 11 is 0. The number of aliphatic carboxylic acids is 1. The Morgan fingerprint density at radius 1 is 1.16 bits per heavy atom. The third-order valence-electron chi connectivity index (χ3n) is 4.74. The van der Waals surface area contributed by atoms with Crippen molar-refractivity contribution in [1.29, 1.82) is 0 Å². The lowest BCUT2D eigenvalue weighted by atomic mass is 9.92. The quantitative estimate of drug-likeness (QED) is 0.817. The highest BCUT2D eigenvalue weighted by atomic mass is 16.4. The first kappa shape index (κ1) is 17.1. The van der Waals surface area contributed by atoms with E-state index in [9.17, 15) is 9.90 Å². The summed E-state index contributed by atoms with van der Waals surface area (Å²) in [6.07, 6.45) is 2.71. The molecule has 0 aliphatic carbocycles. The van der Waals surface area contributed by atoms with Crippen LogP contribution in [0.25, 0.3) is 11.1 Å². The van der Waals surface area contributed by atoms with Crippen molar-refractivity contribution >= 4 is 11.7 Å². The van der Waals surface area contributed by atoms with Gasteiger partial charge in [0, 0.05) is 30.8 Å². The van der Waals surface area contributed by atoms with E-state index in [-0.39, 0.29) is 0 Å². The zero-order chi connectivity index (χ0) is 17.6. The normalized spacial score (nSPS) is 14.7. The summed E-state index contributed by atoms with van der Waals surface area (Å²) in [5.41, 5.74) is 4.29. The van der Waals surface area contributed by atoms with Gasteiger partial charge in [-0.1, -0.05) is 42.5 Å². The second kappa shape index (κ2) is 7.90. The molecule has 0 spiro atoms. The van der Waals surface area contributed by atoms with E-state index in [4.69, 9.17) is 0 Å². The van der Waals surface area contributed by atoms with Gasteiger partial charge in [0.05, 0.1) is 5.92 Å². The monoisotopic (exact) mass is 333 g/mol. The maximum Gasteiger partial charge on any atom is 0.311 e. The molecule has 0 saturated carbocycles.